The highest BCUT2D eigenvalue weighted by Gasteiger charge is 2.12. The summed E-state index contributed by atoms with van der Waals surface area (Å²) >= 11 is 0. The number of hydrogen-bond acceptors (Lipinski definition) is 2. The lowest BCUT2D eigenvalue weighted by Crippen LogP contribution is -2.11. The molecule has 3 heteroatoms. The van der Waals surface area contributed by atoms with Gasteiger partial charge in [-0.3, -0.25) is 0 Å². The lowest BCUT2D eigenvalue weighted by atomic mass is 10.3. The van der Waals surface area contributed by atoms with E-state index in [1.165, 1.54) is 0 Å². The number of rotatable bonds is 1. The Bertz CT molecular complexity index is 209. The maximum absolute atomic E-state index is 8.40. The summed E-state index contributed by atoms with van der Waals surface area (Å²) < 4.78 is 0. The summed E-state index contributed by atoms with van der Waals surface area (Å²) in [6, 6.07) is 0. The minimum absolute atomic E-state index is 0.712. The van der Waals surface area contributed by atoms with Crippen molar-refractivity contribution in [2.75, 3.05) is 6.54 Å². The normalized spacial score (nSPS) is 16.4. The van der Waals surface area contributed by atoms with Crippen LogP contribution >= 0.6 is 0 Å². The van der Waals surface area contributed by atoms with Gasteiger partial charge in [-0.25, -0.2) is 0 Å². The van der Waals surface area contributed by atoms with Crippen molar-refractivity contribution in [3.63, 3.8) is 0 Å². The first-order valence-corrected chi connectivity index (χ1v) is 3.35. The second kappa shape index (κ2) is 3.02. The summed E-state index contributed by atoms with van der Waals surface area (Å²) in [4.78, 5) is 5.08. The average Bonchev–Trinajstić information content (AvgIpc) is 2.05. The van der Waals surface area contributed by atoms with Gasteiger partial charge in [0.2, 0.25) is 5.39 Å². The van der Waals surface area contributed by atoms with Crippen LogP contribution in [0.15, 0.2) is 24.2 Å². The maximum Gasteiger partial charge on any atom is 0.381 e. The van der Waals surface area contributed by atoms with E-state index in [4.69, 9.17) is 5.39 Å². The predicted molar refractivity (Wildman–Crippen MR) is 39.3 cm³/mol. The van der Waals surface area contributed by atoms with Crippen molar-refractivity contribution in [1.82, 2.24) is 4.90 Å². The SMILES string of the molecule is CCN1C=CCC([N+]#N)=C1. The molecule has 0 saturated heterocycles. The number of diazo groups is 1. The first-order chi connectivity index (χ1) is 4.86. The van der Waals surface area contributed by atoms with Crippen molar-refractivity contribution in [3.05, 3.63) is 29.1 Å². The van der Waals surface area contributed by atoms with Gasteiger partial charge in [-0.1, -0.05) is 6.08 Å². The van der Waals surface area contributed by atoms with Gasteiger partial charge in [0.15, 0.2) is 4.98 Å². The summed E-state index contributed by atoms with van der Waals surface area (Å²) in [5.41, 5.74) is 0.712. The number of allylic oxidation sites excluding steroid dienone is 1. The fourth-order valence-corrected chi connectivity index (χ4v) is 0.859. The Balaban J connectivity index is 2.65. The molecule has 0 fully saturated rings. The quantitative estimate of drug-likeness (QED) is 0.516. The minimum atomic E-state index is 0.712. The largest absolute Gasteiger partial charge is 0.381 e. The molecule has 52 valence electrons. The Morgan fingerprint density at radius 3 is 3.20 bits per heavy atom. The molecule has 1 aliphatic heterocycles. The van der Waals surface area contributed by atoms with Crippen molar-refractivity contribution in [2.24, 2.45) is 0 Å². The van der Waals surface area contributed by atoms with Crippen molar-refractivity contribution in [1.29, 1.82) is 5.39 Å². The first kappa shape index (κ1) is 6.81. The monoisotopic (exact) mass is 136 g/mol. The van der Waals surface area contributed by atoms with E-state index in [2.05, 4.69) is 4.98 Å². The topological polar surface area (TPSA) is 31.4 Å². The molecule has 0 bridgehead atoms. The summed E-state index contributed by atoms with van der Waals surface area (Å²) in [6.45, 7) is 2.96. The average molecular weight is 136 g/mol. The van der Waals surface area contributed by atoms with Crippen molar-refractivity contribution in [2.45, 2.75) is 13.3 Å². The van der Waals surface area contributed by atoms with E-state index in [9.17, 15) is 0 Å². The molecule has 0 aromatic carbocycles. The van der Waals surface area contributed by atoms with Crippen molar-refractivity contribution in [3.8, 4) is 0 Å². The molecule has 0 aromatic rings. The van der Waals surface area contributed by atoms with Crippen LogP contribution in [0.2, 0.25) is 0 Å². The molecule has 1 aliphatic rings. The highest BCUT2D eigenvalue weighted by molar-refractivity contribution is 5.17. The zero-order valence-corrected chi connectivity index (χ0v) is 5.99. The van der Waals surface area contributed by atoms with E-state index in [0.29, 0.717) is 5.70 Å². The van der Waals surface area contributed by atoms with E-state index in [0.717, 1.165) is 13.0 Å². The van der Waals surface area contributed by atoms with Gasteiger partial charge in [0.25, 0.3) is 0 Å². The van der Waals surface area contributed by atoms with Gasteiger partial charge in [-0.05, 0) is 6.92 Å². The van der Waals surface area contributed by atoms with Crippen LogP contribution in [0.25, 0.3) is 4.98 Å². The fraction of sp³-hybridized carbons (Fsp3) is 0.429. The predicted octanol–water partition coefficient (Wildman–Crippen LogP) is 1.92. The zero-order valence-electron chi connectivity index (χ0n) is 5.99. The highest BCUT2D eigenvalue weighted by atomic mass is 15.1. The fourth-order valence-electron chi connectivity index (χ4n) is 0.859. The lowest BCUT2D eigenvalue weighted by Gasteiger charge is -2.11. The molecular formula is C7H10N3+. The second-order valence-electron chi connectivity index (χ2n) is 2.14. The maximum atomic E-state index is 8.40. The third-order valence-electron chi connectivity index (χ3n) is 1.43. The van der Waals surface area contributed by atoms with E-state index >= 15 is 0 Å². The molecule has 1 rings (SSSR count). The minimum Gasteiger partial charge on any atom is -0.348 e. The van der Waals surface area contributed by atoms with Crippen LogP contribution in [-0.4, -0.2) is 11.4 Å². The van der Waals surface area contributed by atoms with Crippen LogP contribution in [-0.2, 0) is 0 Å². The molecule has 10 heavy (non-hydrogen) atoms. The van der Waals surface area contributed by atoms with Crippen LogP contribution < -0.4 is 0 Å². The molecule has 3 nitrogen and oxygen atoms in total. The van der Waals surface area contributed by atoms with Gasteiger partial charge in [-0.2, -0.15) is 0 Å². The molecule has 1 heterocycles. The highest BCUT2D eigenvalue weighted by Crippen LogP contribution is 2.11. The van der Waals surface area contributed by atoms with Crippen LogP contribution in [0.4, 0.5) is 0 Å². The molecule has 0 atom stereocenters. The van der Waals surface area contributed by atoms with E-state index in [-0.39, 0.29) is 0 Å². The first-order valence-electron chi connectivity index (χ1n) is 3.35. The Morgan fingerprint density at radius 2 is 2.60 bits per heavy atom. The van der Waals surface area contributed by atoms with Gasteiger partial charge < -0.3 is 4.90 Å². The lowest BCUT2D eigenvalue weighted by molar-refractivity contribution is 0.523. The Morgan fingerprint density at radius 1 is 1.80 bits per heavy atom. The van der Waals surface area contributed by atoms with E-state index < -0.39 is 0 Å². The third-order valence-corrected chi connectivity index (χ3v) is 1.43. The Labute approximate surface area is 60.3 Å². The summed E-state index contributed by atoms with van der Waals surface area (Å²) in [7, 11) is 0. The molecule has 0 spiro atoms. The Kier molecular flexibility index (Phi) is 2.06. The molecule has 0 unspecified atom stereocenters. The molecule has 0 aromatic heterocycles. The molecular weight excluding hydrogens is 126 g/mol. The smallest absolute Gasteiger partial charge is 0.348 e. The molecule has 0 amide bonds. The number of nitrogens with zero attached hydrogens (tertiary/aromatic N) is 3. The van der Waals surface area contributed by atoms with Crippen LogP contribution in [0, 0.1) is 5.39 Å². The van der Waals surface area contributed by atoms with Crippen LogP contribution in [0.3, 0.4) is 0 Å². The van der Waals surface area contributed by atoms with Gasteiger partial charge in [-0.15, -0.1) is 0 Å². The van der Waals surface area contributed by atoms with Crippen LogP contribution in [0.1, 0.15) is 13.3 Å². The van der Waals surface area contributed by atoms with Gasteiger partial charge >= 0.3 is 5.70 Å². The number of hydrogen-bond donors (Lipinski definition) is 0. The zero-order chi connectivity index (χ0) is 7.40. The molecule has 0 aliphatic carbocycles. The van der Waals surface area contributed by atoms with Crippen molar-refractivity contribution >= 4 is 0 Å². The third kappa shape index (κ3) is 1.35. The Hall–Kier alpha value is -1.30. The van der Waals surface area contributed by atoms with Gasteiger partial charge in [0, 0.05) is 12.7 Å². The van der Waals surface area contributed by atoms with Crippen LogP contribution in [0.5, 0.6) is 0 Å². The second-order valence-corrected chi connectivity index (χ2v) is 2.14. The summed E-state index contributed by atoms with van der Waals surface area (Å²) in [5, 5.41) is 8.40. The summed E-state index contributed by atoms with van der Waals surface area (Å²) in [6.07, 6.45) is 6.51. The standard InChI is InChI=1S/C7H10N3/c1-2-10-5-3-4-7(6-10)9-8/h3,5-6H,2,4H2,1H3/q+1. The molecule has 0 saturated carbocycles. The van der Waals surface area contributed by atoms with Gasteiger partial charge in [0.1, 0.15) is 0 Å². The van der Waals surface area contributed by atoms with Gasteiger partial charge in [0.05, 0.1) is 12.6 Å². The van der Waals surface area contributed by atoms with Crippen molar-refractivity contribution < 1.29 is 0 Å². The molecule has 0 radical (unpaired) electrons. The van der Waals surface area contributed by atoms with E-state index in [1.807, 2.05) is 30.3 Å². The summed E-state index contributed by atoms with van der Waals surface area (Å²) in [5.74, 6) is 0. The van der Waals surface area contributed by atoms with E-state index in [1.54, 1.807) is 0 Å². The molecule has 0 N–H and O–H groups in total.